The number of carbonyl (C=O) groups is 1. The fourth-order valence-corrected chi connectivity index (χ4v) is 3.82. The molecule has 1 aliphatic heterocycles. The number of piperazine rings is 1. The Morgan fingerprint density at radius 3 is 2.44 bits per heavy atom. The van der Waals surface area contributed by atoms with Crippen molar-refractivity contribution in [3.8, 4) is 0 Å². The maximum absolute atomic E-state index is 13.1. The maximum atomic E-state index is 13.1. The Labute approximate surface area is 160 Å². The third-order valence-corrected chi connectivity index (χ3v) is 5.34. The first-order chi connectivity index (χ1) is 13.2. The number of carbonyl (C=O) groups excluding carboxylic acids is 1. The fourth-order valence-electron chi connectivity index (χ4n) is 3.82. The summed E-state index contributed by atoms with van der Waals surface area (Å²) in [6.07, 6.45) is 5.13. The number of hydrogen-bond acceptors (Lipinski definition) is 3. The summed E-state index contributed by atoms with van der Waals surface area (Å²) < 4.78 is 13.1. The fraction of sp³-hybridized carbons (Fsp3) is 0.600. The lowest BCUT2D eigenvalue weighted by Crippen LogP contribution is -2.53. The van der Waals surface area contributed by atoms with E-state index in [0.717, 1.165) is 50.7 Å². The van der Waals surface area contributed by atoms with Gasteiger partial charge >= 0.3 is 0 Å². The Morgan fingerprint density at radius 1 is 1.15 bits per heavy atom. The number of hydrogen-bond donors (Lipinski definition) is 2. The molecule has 2 N–H and O–H groups in total. The molecule has 1 aromatic carbocycles. The molecule has 148 valence electrons. The minimum absolute atomic E-state index is 0.117. The molecule has 2 aliphatic rings. The van der Waals surface area contributed by atoms with Gasteiger partial charge in [0, 0.05) is 57.9 Å². The van der Waals surface area contributed by atoms with Crippen molar-refractivity contribution in [3.05, 3.63) is 30.1 Å². The zero-order chi connectivity index (χ0) is 19.1. The number of guanidine groups is 1. The monoisotopic (exact) mass is 375 g/mol. The standard InChI is InChI=1S/C20H30FN5O/c1-22-20(23-11-10-19(27)24-17-4-2-3-5-17)26-14-12-25(13-15-26)18-8-6-16(21)7-9-18/h6-9,17H,2-5,10-15H2,1H3,(H,22,23)(H,24,27). The molecule has 1 saturated carbocycles. The van der Waals surface area contributed by atoms with Crippen LogP contribution in [0.3, 0.4) is 0 Å². The minimum atomic E-state index is -0.209. The molecule has 0 unspecified atom stereocenters. The molecule has 1 heterocycles. The van der Waals surface area contributed by atoms with Crippen molar-refractivity contribution in [1.29, 1.82) is 0 Å². The smallest absolute Gasteiger partial charge is 0.221 e. The first-order valence-electron chi connectivity index (χ1n) is 9.91. The zero-order valence-corrected chi connectivity index (χ0v) is 16.1. The van der Waals surface area contributed by atoms with Crippen LogP contribution in [0.5, 0.6) is 0 Å². The number of amides is 1. The highest BCUT2D eigenvalue weighted by molar-refractivity contribution is 5.81. The average molecular weight is 375 g/mol. The van der Waals surface area contributed by atoms with Gasteiger partial charge in [0.05, 0.1) is 0 Å². The van der Waals surface area contributed by atoms with Crippen LogP contribution in [-0.2, 0) is 4.79 Å². The van der Waals surface area contributed by atoms with E-state index in [1.54, 1.807) is 7.05 Å². The van der Waals surface area contributed by atoms with Crippen LogP contribution in [0.2, 0.25) is 0 Å². The third kappa shape index (κ3) is 5.58. The van der Waals surface area contributed by atoms with Gasteiger partial charge in [0.1, 0.15) is 5.82 Å². The van der Waals surface area contributed by atoms with Crippen molar-refractivity contribution in [3.63, 3.8) is 0 Å². The normalized spacial score (nSPS) is 18.7. The number of nitrogens with one attached hydrogen (secondary N) is 2. The highest BCUT2D eigenvalue weighted by Gasteiger charge is 2.20. The molecule has 0 bridgehead atoms. The van der Waals surface area contributed by atoms with E-state index in [-0.39, 0.29) is 11.7 Å². The molecule has 0 atom stereocenters. The second kappa shape index (κ2) is 9.58. The van der Waals surface area contributed by atoms with Crippen LogP contribution < -0.4 is 15.5 Å². The zero-order valence-electron chi connectivity index (χ0n) is 16.1. The molecule has 1 saturated heterocycles. The number of halogens is 1. The number of aliphatic imine (C=N–C) groups is 1. The average Bonchev–Trinajstić information content (AvgIpc) is 3.19. The van der Waals surface area contributed by atoms with Crippen molar-refractivity contribution in [2.75, 3.05) is 44.7 Å². The van der Waals surface area contributed by atoms with Crippen molar-refractivity contribution < 1.29 is 9.18 Å². The Bertz CT molecular complexity index is 634. The second-order valence-corrected chi connectivity index (χ2v) is 7.22. The Kier molecular flexibility index (Phi) is 6.90. The number of rotatable bonds is 5. The van der Waals surface area contributed by atoms with Gasteiger partial charge in [0.2, 0.25) is 5.91 Å². The highest BCUT2D eigenvalue weighted by atomic mass is 19.1. The Hall–Kier alpha value is -2.31. The van der Waals surface area contributed by atoms with Crippen LogP contribution in [0.4, 0.5) is 10.1 Å². The number of nitrogens with zero attached hydrogens (tertiary/aromatic N) is 3. The Balaban J connectivity index is 1.39. The first-order valence-corrected chi connectivity index (χ1v) is 9.91. The van der Waals surface area contributed by atoms with Gasteiger partial charge in [0.15, 0.2) is 5.96 Å². The summed E-state index contributed by atoms with van der Waals surface area (Å²) >= 11 is 0. The third-order valence-electron chi connectivity index (χ3n) is 5.34. The van der Waals surface area contributed by atoms with E-state index < -0.39 is 0 Å². The molecule has 1 amide bonds. The van der Waals surface area contributed by atoms with Gasteiger partial charge < -0.3 is 20.4 Å². The van der Waals surface area contributed by atoms with Crippen molar-refractivity contribution in [2.24, 2.45) is 4.99 Å². The van der Waals surface area contributed by atoms with Crippen LogP contribution >= 0.6 is 0 Å². The summed E-state index contributed by atoms with van der Waals surface area (Å²) in [6.45, 7) is 3.98. The van der Waals surface area contributed by atoms with E-state index in [0.29, 0.717) is 19.0 Å². The van der Waals surface area contributed by atoms with E-state index in [1.165, 1.54) is 25.0 Å². The Morgan fingerprint density at radius 2 is 1.81 bits per heavy atom. The summed E-state index contributed by atoms with van der Waals surface area (Å²) in [4.78, 5) is 20.8. The van der Waals surface area contributed by atoms with E-state index in [4.69, 9.17) is 0 Å². The van der Waals surface area contributed by atoms with E-state index >= 15 is 0 Å². The quantitative estimate of drug-likeness (QED) is 0.610. The van der Waals surface area contributed by atoms with Gasteiger partial charge in [-0.2, -0.15) is 0 Å². The summed E-state index contributed by atoms with van der Waals surface area (Å²) in [7, 11) is 1.77. The molecule has 0 spiro atoms. The summed E-state index contributed by atoms with van der Waals surface area (Å²) in [6, 6.07) is 7.01. The summed E-state index contributed by atoms with van der Waals surface area (Å²) in [5, 5.41) is 6.42. The minimum Gasteiger partial charge on any atom is -0.368 e. The molecular weight excluding hydrogens is 345 g/mol. The largest absolute Gasteiger partial charge is 0.368 e. The van der Waals surface area contributed by atoms with Gasteiger partial charge in [-0.05, 0) is 37.1 Å². The van der Waals surface area contributed by atoms with Gasteiger partial charge in [-0.3, -0.25) is 9.79 Å². The molecular formula is C20H30FN5O. The predicted octanol–water partition coefficient (Wildman–Crippen LogP) is 1.97. The SMILES string of the molecule is CN=C(NCCC(=O)NC1CCCC1)N1CCN(c2ccc(F)cc2)CC1. The lowest BCUT2D eigenvalue weighted by molar-refractivity contribution is -0.121. The first kappa shape index (κ1) is 19.5. The lowest BCUT2D eigenvalue weighted by atomic mass is 10.2. The number of benzene rings is 1. The molecule has 3 rings (SSSR count). The summed E-state index contributed by atoms with van der Waals surface area (Å²) in [5.41, 5.74) is 1.04. The molecule has 27 heavy (non-hydrogen) atoms. The highest BCUT2D eigenvalue weighted by Crippen LogP contribution is 2.18. The van der Waals surface area contributed by atoms with Crippen molar-refractivity contribution in [2.45, 2.75) is 38.1 Å². The van der Waals surface area contributed by atoms with Crippen LogP contribution in [0, 0.1) is 5.82 Å². The van der Waals surface area contributed by atoms with Crippen LogP contribution in [0.25, 0.3) is 0 Å². The molecule has 0 radical (unpaired) electrons. The van der Waals surface area contributed by atoms with E-state index in [9.17, 15) is 9.18 Å². The topological polar surface area (TPSA) is 60.0 Å². The van der Waals surface area contributed by atoms with Crippen molar-refractivity contribution in [1.82, 2.24) is 15.5 Å². The van der Waals surface area contributed by atoms with Gasteiger partial charge in [-0.15, -0.1) is 0 Å². The maximum Gasteiger partial charge on any atom is 0.221 e. The second-order valence-electron chi connectivity index (χ2n) is 7.22. The molecule has 1 aliphatic carbocycles. The molecule has 2 fully saturated rings. The summed E-state index contributed by atoms with van der Waals surface area (Å²) in [5.74, 6) is 0.743. The van der Waals surface area contributed by atoms with Crippen LogP contribution in [-0.4, -0.2) is 62.6 Å². The predicted molar refractivity (Wildman–Crippen MR) is 107 cm³/mol. The lowest BCUT2D eigenvalue weighted by Gasteiger charge is -2.37. The van der Waals surface area contributed by atoms with E-state index in [1.807, 2.05) is 12.1 Å². The van der Waals surface area contributed by atoms with Gasteiger partial charge in [-0.1, -0.05) is 12.8 Å². The number of anilines is 1. The molecule has 0 aromatic heterocycles. The molecule has 1 aromatic rings. The molecule has 7 heteroatoms. The van der Waals surface area contributed by atoms with Crippen LogP contribution in [0.1, 0.15) is 32.1 Å². The van der Waals surface area contributed by atoms with Crippen LogP contribution in [0.15, 0.2) is 29.3 Å². The van der Waals surface area contributed by atoms with E-state index in [2.05, 4.69) is 25.4 Å². The molecule has 6 nitrogen and oxygen atoms in total. The van der Waals surface area contributed by atoms with Gasteiger partial charge in [-0.25, -0.2) is 4.39 Å². The van der Waals surface area contributed by atoms with Crippen molar-refractivity contribution >= 4 is 17.6 Å². The van der Waals surface area contributed by atoms with Gasteiger partial charge in [0.25, 0.3) is 0 Å².